The van der Waals surface area contributed by atoms with Crippen molar-refractivity contribution in [3.05, 3.63) is 138 Å². The molecule has 3 heteroatoms. The minimum atomic E-state index is 0.900. The third kappa shape index (κ3) is 3.54. The molecule has 0 aliphatic heterocycles. The first kappa shape index (κ1) is 22.4. The predicted molar refractivity (Wildman–Crippen MR) is 167 cm³/mol. The van der Waals surface area contributed by atoms with Crippen molar-refractivity contribution in [2.45, 2.75) is 0 Å². The van der Waals surface area contributed by atoms with Crippen LogP contribution in [0.2, 0.25) is 0 Å². The van der Waals surface area contributed by atoms with Crippen LogP contribution < -0.4 is 0 Å². The average molecular weight is 564 g/mol. The summed E-state index contributed by atoms with van der Waals surface area (Å²) < 4.78 is 9.74. The number of fused-ring (bicyclic) bond motifs is 6. The summed E-state index contributed by atoms with van der Waals surface area (Å²) in [7, 11) is 0. The van der Waals surface area contributed by atoms with E-state index in [-0.39, 0.29) is 0 Å². The molecule has 0 atom stereocenters. The van der Waals surface area contributed by atoms with Gasteiger partial charge in [-0.15, -0.1) is 0 Å². The van der Waals surface area contributed by atoms with Crippen LogP contribution in [0.4, 0.5) is 0 Å². The standard InChI is InChI=1S/C36H22BrNO/c37-27-11-6-10-25(21-27)23-8-5-9-24(20-23)26-18-19-29-28-12-1-3-14-31(28)38(33(29)22-26)32-15-7-17-35-36(32)30-13-2-4-16-34(30)39-35/h1-22H. The zero-order valence-electron chi connectivity index (χ0n) is 20.9. The highest BCUT2D eigenvalue weighted by Gasteiger charge is 2.18. The zero-order chi connectivity index (χ0) is 25.9. The lowest BCUT2D eigenvalue weighted by molar-refractivity contribution is 0.669. The van der Waals surface area contributed by atoms with E-state index in [2.05, 4.69) is 142 Å². The lowest BCUT2D eigenvalue weighted by Gasteiger charge is -2.11. The molecule has 0 spiro atoms. The minimum absolute atomic E-state index is 0.900. The van der Waals surface area contributed by atoms with Gasteiger partial charge in [-0.2, -0.15) is 0 Å². The Balaban J connectivity index is 1.40. The van der Waals surface area contributed by atoms with Gasteiger partial charge in [0.1, 0.15) is 11.2 Å². The van der Waals surface area contributed by atoms with Crippen molar-refractivity contribution in [1.29, 1.82) is 0 Å². The van der Waals surface area contributed by atoms with Crippen LogP contribution in [-0.4, -0.2) is 4.57 Å². The molecule has 2 nitrogen and oxygen atoms in total. The summed E-state index contributed by atoms with van der Waals surface area (Å²) in [5.74, 6) is 0. The molecule has 184 valence electrons. The number of rotatable bonds is 3. The molecular formula is C36H22BrNO. The third-order valence-electron chi connectivity index (χ3n) is 7.65. The molecule has 0 aliphatic carbocycles. The molecule has 0 saturated heterocycles. The van der Waals surface area contributed by atoms with E-state index >= 15 is 0 Å². The van der Waals surface area contributed by atoms with E-state index in [0.29, 0.717) is 0 Å². The highest BCUT2D eigenvalue weighted by molar-refractivity contribution is 9.10. The first-order valence-electron chi connectivity index (χ1n) is 13.0. The third-order valence-corrected chi connectivity index (χ3v) is 8.14. The fraction of sp³-hybridized carbons (Fsp3) is 0. The van der Waals surface area contributed by atoms with Crippen molar-refractivity contribution in [2.24, 2.45) is 0 Å². The van der Waals surface area contributed by atoms with Crippen LogP contribution in [0.5, 0.6) is 0 Å². The van der Waals surface area contributed by atoms with Gasteiger partial charge in [0.15, 0.2) is 0 Å². The summed E-state index contributed by atoms with van der Waals surface area (Å²) in [4.78, 5) is 0. The fourth-order valence-electron chi connectivity index (χ4n) is 5.90. The Labute approximate surface area is 233 Å². The van der Waals surface area contributed by atoms with Gasteiger partial charge in [0.05, 0.1) is 22.1 Å². The van der Waals surface area contributed by atoms with E-state index in [1.807, 2.05) is 12.1 Å². The Kier molecular flexibility index (Phi) is 5.01. The van der Waals surface area contributed by atoms with Gasteiger partial charge in [-0.05, 0) is 70.8 Å². The van der Waals surface area contributed by atoms with Gasteiger partial charge in [0.25, 0.3) is 0 Å². The van der Waals surface area contributed by atoms with Crippen molar-refractivity contribution in [3.8, 4) is 27.9 Å². The van der Waals surface area contributed by atoms with E-state index in [0.717, 1.165) is 32.1 Å². The Morgan fingerprint density at radius 2 is 1.10 bits per heavy atom. The van der Waals surface area contributed by atoms with Gasteiger partial charge in [0, 0.05) is 20.6 Å². The quantitative estimate of drug-likeness (QED) is 0.209. The SMILES string of the molecule is Brc1cccc(-c2cccc(-c3ccc4c5ccccc5n(-c5cccc6oc7ccccc7c56)c4c3)c2)c1. The molecule has 8 rings (SSSR count). The van der Waals surface area contributed by atoms with Gasteiger partial charge in [-0.1, -0.05) is 101 Å². The van der Waals surface area contributed by atoms with Crippen molar-refractivity contribution in [1.82, 2.24) is 4.57 Å². The predicted octanol–water partition coefficient (Wildman–Crippen LogP) is 10.8. The summed E-state index contributed by atoms with van der Waals surface area (Å²) in [6.45, 7) is 0. The molecular weight excluding hydrogens is 542 g/mol. The maximum Gasteiger partial charge on any atom is 0.137 e. The molecule has 0 radical (unpaired) electrons. The number of nitrogens with zero attached hydrogens (tertiary/aromatic N) is 1. The molecule has 0 bridgehead atoms. The molecule has 0 saturated carbocycles. The maximum atomic E-state index is 6.26. The molecule has 0 unspecified atom stereocenters. The monoisotopic (exact) mass is 563 g/mol. The first-order valence-corrected chi connectivity index (χ1v) is 13.8. The molecule has 2 aromatic heterocycles. The topological polar surface area (TPSA) is 18.1 Å². The fourth-order valence-corrected chi connectivity index (χ4v) is 6.30. The second-order valence-corrected chi connectivity index (χ2v) is 10.8. The van der Waals surface area contributed by atoms with Crippen LogP contribution in [0.1, 0.15) is 0 Å². The number of hydrogen-bond acceptors (Lipinski definition) is 1. The lowest BCUT2D eigenvalue weighted by atomic mass is 9.98. The van der Waals surface area contributed by atoms with Gasteiger partial charge >= 0.3 is 0 Å². The van der Waals surface area contributed by atoms with E-state index in [9.17, 15) is 0 Å². The molecule has 0 fully saturated rings. The van der Waals surface area contributed by atoms with Gasteiger partial charge in [-0.3, -0.25) is 0 Å². The summed E-state index contributed by atoms with van der Waals surface area (Å²) in [5.41, 5.74) is 10.1. The van der Waals surface area contributed by atoms with E-state index in [1.54, 1.807) is 0 Å². The molecule has 0 amide bonds. The Hall–Kier alpha value is -4.60. The average Bonchev–Trinajstić information content (AvgIpc) is 3.53. The van der Waals surface area contributed by atoms with Crippen LogP contribution in [0.15, 0.2) is 142 Å². The summed E-state index contributed by atoms with van der Waals surface area (Å²) in [6.07, 6.45) is 0. The first-order chi connectivity index (χ1) is 19.2. The minimum Gasteiger partial charge on any atom is -0.456 e. The van der Waals surface area contributed by atoms with Crippen LogP contribution in [0.25, 0.3) is 71.7 Å². The highest BCUT2D eigenvalue weighted by Crippen LogP contribution is 2.40. The second-order valence-electron chi connectivity index (χ2n) is 9.92. The van der Waals surface area contributed by atoms with Crippen LogP contribution in [0, 0.1) is 0 Å². The van der Waals surface area contributed by atoms with Gasteiger partial charge in [-0.25, -0.2) is 0 Å². The maximum absolute atomic E-state index is 6.26. The van der Waals surface area contributed by atoms with Crippen molar-refractivity contribution >= 4 is 59.7 Å². The van der Waals surface area contributed by atoms with E-state index in [4.69, 9.17) is 4.42 Å². The highest BCUT2D eigenvalue weighted by atomic mass is 79.9. The zero-order valence-corrected chi connectivity index (χ0v) is 22.5. The smallest absolute Gasteiger partial charge is 0.137 e. The Bertz CT molecular complexity index is 2200. The molecule has 6 aromatic carbocycles. The van der Waals surface area contributed by atoms with E-state index in [1.165, 1.54) is 44.1 Å². The van der Waals surface area contributed by atoms with Crippen LogP contribution >= 0.6 is 15.9 Å². The number of para-hydroxylation sites is 2. The Morgan fingerprint density at radius 1 is 0.462 bits per heavy atom. The number of hydrogen-bond donors (Lipinski definition) is 0. The summed E-state index contributed by atoms with van der Waals surface area (Å²) in [6, 6.07) is 47.4. The van der Waals surface area contributed by atoms with E-state index < -0.39 is 0 Å². The molecule has 0 N–H and O–H groups in total. The van der Waals surface area contributed by atoms with Crippen molar-refractivity contribution in [3.63, 3.8) is 0 Å². The molecule has 39 heavy (non-hydrogen) atoms. The Morgan fingerprint density at radius 3 is 1.95 bits per heavy atom. The summed E-state index contributed by atoms with van der Waals surface area (Å²) >= 11 is 3.62. The second kappa shape index (κ2) is 8.72. The number of furan rings is 1. The van der Waals surface area contributed by atoms with Crippen LogP contribution in [0.3, 0.4) is 0 Å². The normalized spacial score (nSPS) is 11.7. The number of aromatic nitrogens is 1. The van der Waals surface area contributed by atoms with Gasteiger partial charge < -0.3 is 8.98 Å². The lowest BCUT2D eigenvalue weighted by Crippen LogP contribution is -1.95. The largest absolute Gasteiger partial charge is 0.456 e. The van der Waals surface area contributed by atoms with Gasteiger partial charge in [0.2, 0.25) is 0 Å². The van der Waals surface area contributed by atoms with Crippen molar-refractivity contribution < 1.29 is 4.42 Å². The van der Waals surface area contributed by atoms with Crippen LogP contribution in [-0.2, 0) is 0 Å². The number of halogens is 1. The summed E-state index contributed by atoms with van der Waals surface area (Å²) in [5, 5.41) is 4.75. The molecule has 0 aliphatic rings. The molecule has 8 aromatic rings. The van der Waals surface area contributed by atoms with Crippen molar-refractivity contribution in [2.75, 3.05) is 0 Å². The molecule has 2 heterocycles. The number of benzene rings is 6.